The highest BCUT2D eigenvalue weighted by Gasteiger charge is 2.28. The monoisotopic (exact) mass is 328 g/mol. The lowest BCUT2D eigenvalue weighted by Crippen LogP contribution is -2.43. The largest absolute Gasteiger partial charge is 0.480 e. The number of nitrogens with one attached hydrogen (secondary N) is 1. The van der Waals surface area contributed by atoms with Crippen LogP contribution in [0.15, 0.2) is 60.7 Å². The Morgan fingerprint density at radius 3 is 1.83 bits per heavy atom. The molecule has 5 N–H and O–H groups in total. The zero-order valence-electron chi connectivity index (χ0n) is 13.0. The third-order valence-electron chi connectivity index (χ3n) is 3.87. The molecule has 3 atom stereocenters. The number of carbonyl (C=O) groups is 2. The molecule has 0 aromatic heterocycles. The van der Waals surface area contributed by atoms with Crippen molar-refractivity contribution >= 4 is 11.9 Å². The zero-order chi connectivity index (χ0) is 17.5. The summed E-state index contributed by atoms with van der Waals surface area (Å²) in [5, 5.41) is 21.6. The molecule has 2 rings (SSSR count). The standard InChI is InChI=1S/C18H20N2O4/c19-15(17(21)22)14(12-7-3-1-4-8-12)11-20-16(18(23)24)13-9-5-2-6-10-13/h1-10,14-16,20H,11,19H2,(H,21,22)(H,23,24)/t14?,15?,16-/m0/s1. The van der Waals surface area contributed by atoms with Crippen LogP contribution >= 0.6 is 0 Å². The van der Waals surface area contributed by atoms with Crippen LogP contribution in [-0.2, 0) is 9.59 Å². The van der Waals surface area contributed by atoms with Crippen molar-refractivity contribution in [3.05, 3.63) is 71.8 Å². The molecule has 6 nitrogen and oxygen atoms in total. The first kappa shape index (κ1) is 17.7. The summed E-state index contributed by atoms with van der Waals surface area (Å²) in [6.07, 6.45) is 0. The Morgan fingerprint density at radius 1 is 0.875 bits per heavy atom. The minimum absolute atomic E-state index is 0.128. The van der Waals surface area contributed by atoms with Crippen LogP contribution in [0.4, 0.5) is 0 Å². The van der Waals surface area contributed by atoms with Gasteiger partial charge in [-0.3, -0.25) is 9.59 Å². The molecule has 24 heavy (non-hydrogen) atoms. The third kappa shape index (κ3) is 4.41. The van der Waals surface area contributed by atoms with E-state index in [0.29, 0.717) is 5.56 Å². The van der Waals surface area contributed by atoms with Crippen LogP contribution in [-0.4, -0.2) is 34.7 Å². The van der Waals surface area contributed by atoms with Crippen molar-refractivity contribution in [3.63, 3.8) is 0 Å². The van der Waals surface area contributed by atoms with Crippen molar-refractivity contribution in [2.24, 2.45) is 5.73 Å². The van der Waals surface area contributed by atoms with Crippen LogP contribution in [0.5, 0.6) is 0 Å². The third-order valence-corrected chi connectivity index (χ3v) is 3.87. The topological polar surface area (TPSA) is 113 Å². The number of carboxylic acids is 2. The molecular weight excluding hydrogens is 308 g/mol. The van der Waals surface area contributed by atoms with E-state index in [4.69, 9.17) is 5.73 Å². The maximum Gasteiger partial charge on any atom is 0.325 e. The summed E-state index contributed by atoms with van der Waals surface area (Å²) in [7, 11) is 0. The van der Waals surface area contributed by atoms with E-state index >= 15 is 0 Å². The first-order chi connectivity index (χ1) is 11.5. The van der Waals surface area contributed by atoms with E-state index in [2.05, 4.69) is 5.32 Å². The Balaban J connectivity index is 2.20. The van der Waals surface area contributed by atoms with Gasteiger partial charge in [0, 0.05) is 12.5 Å². The summed E-state index contributed by atoms with van der Waals surface area (Å²) in [6, 6.07) is 15.6. The molecule has 2 aromatic carbocycles. The van der Waals surface area contributed by atoms with Crippen molar-refractivity contribution in [3.8, 4) is 0 Å². The van der Waals surface area contributed by atoms with E-state index in [1.54, 1.807) is 54.6 Å². The van der Waals surface area contributed by atoms with E-state index in [-0.39, 0.29) is 6.54 Å². The van der Waals surface area contributed by atoms with Gasteiger partial charge in [-0.2, -0.15) is 0 Å². The minimum Gasteiger partial charge on any atom is -0.480 e. The van der Waals surface area contributed by atoms with Gasteiger partial charge in [-0.25, -0.2) is 0 Å². The molecule has 2 unspecified atom stereocenters. The fourth-order valence-electron chi connectivity index (χ4n) is 2.56. The summed E-state index contributed by atoms with van der Waals surface area (Å²) in [5.74, 6) is -2.71. The van der Waals surface area contributed by atoms with Gasteiger partial charge in [0.15, 0.2) is 0 Å². The van der Waals surface area contributed by atoms with Crippen molar-refractivity contribution in [2.45, 2.75) is 18.0 Å². The van der Waals surface area contributed by atoms with Crippen molar-refractivity contribution < 1.29 is 19.8 Å². The second-order valence-electron chi connectivity index (χ2n) is 5.47. The van der Waals surface area contributed by atoms with Gasteiger partial charge in [-0.1, -0.05) is 60.7 Å². The number of hydrogen-bond acceptors (Lipinski definition) is 4. The highest BCUT2D eigenvalue weighted by atomic mass is 16.4. The molecule has 126 valence electrons. The van der Waals surface area contributed by atoms with Gasteiger partial charge in [0.2, 0.25) is 0 Å². The molecule has 0 spiro atoms. The average molecular weight is 328 g/mol. The molecule has 0 saturated carbocycles. The van der Waals surface area contributed by atoms with E-state index in [0.717, 1.165) is 5.56 Å². The second-order valence-corrected chi connectivity index (χ2v) is 5.47. The van der Waals surface area contributed by atoms with Crippen LogP contribution in [0, 0.1) is 0 Å². The maximum atomic E-state index is 11.5. The smallest absolute Gasteiger partial charge is 0.325 e. The van der Waals surface area contributed by atoms with Gasteiger partial charge in [-0.05, 0) is 11.1 Å². The Hall–Kier alpha value is -2.70. The molecule has 0 aliphatic carbocycles. The number of benzene rings is 2. The predicted molar refractivity (Wildman–Crippen MR) is 89.6 cm³/mol. The SMILES string of the molecule is NC(C(=O)O)C(CN[C@H](C(=O)O)c1ccccc1)c1ccccc1. The lowest BCUT2D eigenvalue weighted by molar-refractivity contribution is -0.139. The van der Waals surface area contributed by atoms with Crippen LogP contribution < -0.4 is 11.1 Å². The quantitative estimate of drug-likeness (QED) is 0.585. The maximum absolute atomic E-state index is 11.5. The van der Waals surface area contributed by atoms with E-state index in [1.165, 1.54) is 0 Å². The van der Waals surface area contributed by atoms with Gasteiger partial charge >= 0.3 is 11.9 Å². The number of rotatable bonds is 8. The number of aliphatic carboxylic acids is 2. The minimum atomic E-state index is -1.13. The molecule has 0 heterocycles. The molecular formula is C18H20N2O4. The summed E-state index contributed by atoms with van der Waals surface area (Å²) >= 11 is 0. The summed E-state index contributed by atoms with van der Waals surface area (Å²) in [6.45, 7) is 0.128. The highest BCUT2D eigenvalue weighted by Crippen LogP contribution is 2.20. The molecule has 0 saturated heterocycles. The fourth-order valence-corrected chi connectivity index (χ4v) is 2.56. The molecule has 0 aliphatic heterocycles. The van der Waals surface area contributed by atoms with Gasteiger partial charge in [0.25, 0.3) is 0 Å². The zero-order valence-corrected chi connectivity index (χ0v) is 13.0. The normalized spacial score (nSPS) is 14.5. The van der Waals surface area contributed by atoms with Crippen molar-refractivity contribution in [1.82, 2.24) is 5.32 Å². The molecule has 2 aromatic rings. The van der Waals surface area contributed by atoms with Gasteiger partial charge in [0.1, 0.15) is 12.1 Å². The summed E-state index contributed by atoms with van der Waals surface area (Å²) in [4.78, 5) is 22.8. The highest BCUT2D eigenvalue weighted by molar-refractivity contribution is 5.76. The predicted octanol–water partition coefficient (Wildman–Crippen LogP) is 1.60. The Bertz CT molecular complexity index is 676. The van der Waals surface area contributed by atoms with Crippen molar-refractivity contribution in [2.75, 3.05) is 6.54 Å². The summed E-state index contributed by atoms with van der Waals surface area (Å²) < 4.78 is 0. The molecule has 0 fully saturated rings. The van der Waals surface area contributed by atoms with E-state index in [9.17, 15) is 19.8 Å². The van der Waals surface area contributed by atoms with Gasteiger partial charge in [0.05, 0.1) is 0 Å². The lowest BCUT2D eigenvalue weighted by Gasteiger charge is -2.24. The fraction of sp³-hybridized carbons (Fsp3) is 0.222. The van der Waals surface area contributed by atoms with Crippen LogP contribution in [0.25, 0.3) is 0 Å². The van der Waals surface area contributed by atoms with Gasteiger partial charge in [-0.15, -0.1) is 0 Å². The van der Waals surface area contributed by atoms with E-state index in [1.807, 2.05) is 6.07 Å². The molecule has 0 aliphatic rings. The lowest BCUT2D eigenvalue weighted by atomic mass is 9.91. The number of hydrogen-bond donors (Lipinski definition) is 4. The van der Waals surface area contributed by atoms with Crippen LogP contribution in [0.1, 0.15) is 23.1 Å². The Labute approximate surface area is 139 Å². The first-order valence-corrected chi connectivity index (χ1v) is 7.55. The second kappa shape index (κ2) is 8.24. The molecule has 0 amide bonds. The van der Waals surface area contributed by atoms with Gasteiger partial charge < -0.3 is 21.3 Å². The Morgan fingerprint density at radius 2 is 1.38 bits per heavy atom. The molecule has 6 heteroatoms. The van der Waals surface area contributed by atoms with Crippen LogP contribution in [0.2, 0.25) is 0 Å². The first-order valence-electron chi connectivity index (χ1n) is 7.55. The molecule has 0 bridgehead atoms. The summed E-state index contributed by atoms with van der Waals surface area (Å²) in [5.41, 5.74) is 7.15. The number of nitrogens with two attached hydrogens (primary N) is 1. The molecule has 0 radical (unpaired) electrons. The average Bonchev–Trinajstić information content (AvgIpc) is 2.59. The van der Waals surface area contributed by atoms with Crippen LogP contribution in [0.3, 0.4) is 0 Å². The van der Waals surface area contributed by atoms with E-state index < -0.39 is 29.9 Å². The number of carboxylic acid groups (broad SMARTS) is 2. The van der Waals surface area contributed by atoms with Crippen molar-refractivity contribution in [1.29, 1.82) is 0 Å². The Kier molecular flexibility index (Phi) is 6.06.